The second-order valence-corrected chi connectivity index (χ2v) is 10.1. The molecule has 1 unspecified atom stereocenters. The van der Waals surface area contributed by atoms with Gasteiger partial charge in [-0.15, -0.1) is 11.3 Å². The summed E-state index contributed by atoms with van der Waals surface area (Å²) in [5.74, 6) is -0.622. The maximum atomic E-state index is 12.9. The van der Waals surface area contributed by atoms with Gasteiger partial charge in [-0.25, -0.2) is 15.3 Å². The number of benzene rings is 2. The quantitative estimate of drug-likeness (QED) is 0.169. The molecule has 10 heteroatoms. The molecule has 0 saturated carbocycles. The molecule has 5 rings (SSSR count). The van der Waals surface area contributed by atoms with Crippen LogP contribution in [0.4, 0.5) is 16.5 Å². The van der Waals surface area contributed by atoms with Gasteiger partial charge in [0.1, 0.15) is 0 Å². The summed E-state index contributed by atoms with van der Waals surface area (Å²) in [5.41, 5.74) is 7.99. The van der Waals surface area contributed by atoms with Crippen molar-refractivity contribution in [1.29, 1.82) is 0 Å². The molecule has 9 nitrogen and oxygen atoms in total. The molecule has 1 saturated heterocycles. The zero-order valence-electron chi connectivity index (χ0n) is 21.9. The van der Waals surface area contributed by atoms with Gasteiger partial charge in [-0.2, -0.15) is 0 Å². The van der Waals surface area contributed by atoms with Crippen molar-refractivity contribution in [2.24, 2.45) is 0 Å². The van der Waals surface area contributed by atoms with Gasteiger partial charge in [0.2, 0.25) is 0 Å². The summed E-state index contributed by atoms with van der Waals surface area (Å²) in [6.07, 6.45) is 8.92. The van der Waals surface area contributed by atoms with E-state index in [4.69, 9.17) is 9.57 Å². The molecule has 1 aliphatic heterocycles. The Kier molecular flexibility index (Phi) is 8.92. The number of anilines is 3. The van der Waals surface area contributed by atoms with Crippen LogP contribution in [0.2, 0.25) is 0 Å². The van der Waals surface area contributed by atoms with Crippen LogP contribution in [0.3, 0.4) is 0 Å². The van der Waals surface area contributed by atoms with Gasteiger partial charge in [0.05, 0.1) is 5.69 Å². The molecular weight excluding hydrogens is 526 g/mol. The maximum absolute atomic E-state index is 12.9. The van der Waals surface area contributed by atoms with Crippen molar-refractivity contribution >= 4 is 45.7 Å². The predicted octanol–water partition coefficient (Wildman–Crippen LogP) is 6.10. The summed E-state index contributed by atoms with van der Waals surface area (Å²) in [7, 11) is 0. The van der Waals surface area contributed by atoms with E-state index >= 15 is 0 Å². The van der Waals surface area contributed by atoms with Crippen molar-refractivity contribution < 1.29 is 19.2 Å². The normalized spacial score (nSPS) is 15.1. The van der Waals surface area contributed by atoms with E-state index in [9.17, 15) is 9.59 Å². The lowest BCUT2D eigenvalue weighted by Crippen LogP contribution is -2.32. The third kappa shape index (κ3) is 7.38. The highest BCUT2D eigenvalue weighted by atomic mass is 32.1. The molecule has 1 atom stereocenters. The molecule has 0 radical (unpaired) electrons. The number of pyridine rings is 1. The van der Waals surface area contributed by atoms with E-state index < -0.39 is 6.29 Å². The van der Waals surface area contributed by atoms with Gasteiger partial charge in [-0.3, -0.25) is 14.6 Å². The Bertz CT molecular complexity index is 1480. The number of aromatic nitrogens is 2. The summed E-state index contributed by atoms with van der Waals surface area (Å²) < 4.78 is 5.42. The largest absolute Gasteiger partial charge is 0.350 e. The maximum Gasteiger partial charge on any atom is 0.267 e. The highest BCUT2D eigenvalue weighted by molar-refractivity contribution is 7.14. The van der Waals surface area contributed by atoms with Crippen molar-refractivity contribution in [3.63, 3.8) is 0 Å². The van der Waals surface area contributed by atoms with Gasteiger partial charge in [0.25, 0.3) is 11.8 Å². The number of nitrogens with one attached hydrogen (secondary N) is 3. The first-order valence-electron chi connectivity index (χ1n) is 12.9. The molecule has 0 aliphatic carbocycles. The third-order valence-corrected chi connectivity index (χ3v) is 6.99. The first-order valence-corrected chi connectivity index (χ1v) is 13.8. The van der Waals surface area contributed by atoms with Gasteiger partial charge >= 0.3 is 0 Å². The van der Waals surface area contributed by atoms with Gasteiger partial charge < -0.3 is 15.4 Å². The van der Waals surface area contributed by atoms with Crippen LogP contribution < -0.4 is 16.1 Å². The number of amides is 2. The predicted molar refractivity (Wildman–Crippen MR) is 156 cm³/mol. The number of carbonyl (C=O) groups excluding carboxylic acids is 2. The Labute approximate surface area is 236 Å². The number of carbonyl (C=O) groups is 2. The monoisotopic (exact) mass is 555 g/mol. The summed E-state index contributed by atoms with van der Waals surface area (Å²) in [6.45, 7) is 2.63. The van der Waals surface area contributed by atoms with Crippen LogP contribution in [0.5, 0.6) is 0 Å². The van der Waals surface area contributed by atoms with Crippen molar-refractivity contribution in [2.45, 2.75) is 32.5 Å². The molecule has 4 aromatic rings. The average Bonchev–Trinajstić information content (AvgIpc) is 3.46. The SMILES string of the molecule is Cc1ccc(NC(=O)c2ccc(/C=C/C(=O)NOC3CCCCO3)cc2)cc1Nc1nc(-c2cccnc2)cs1. The minimum atomic E-state index is -0.401. The molecular formula is C30H29N5O4S. The molecule has 2 amide bonds. The van der Waals surface area contributed by atoms with E-state index in [0.717, 1.165) is 52.5 Å². The Morgan fingerprint density at radius 2 is 2.00 bits per heavy atom. The van der Waals surface area contributed by atoms with Gasteiger partial charge in [-0.05, 0) is 73.4 Å². The van der Waals surface area contributed by atoms with Crippen molar-refractivity contribution in [1.82, 2.24) is 15.4 Å². The highest BCUT2D eigenvalue weighted by Gasteiger charge is 2.15. The fourth-order valence-corrected chi connectivity index (χ4v) is 4.74. The second-order valence-electron chi connectivity index (χ2n) is 9.22. The summed E-state index contributed by atoms with van der Waals surface area (Å²) in [5, 5.41) is 9.02. The molecule has 3 heterocycles. The first kappa shape index (κ1) is 27.2. The number of hydrogen-bond donors (Lipinski definition) is 3. The zero-order chi connectivity index (χ0) is 27.7. The third-order valence-electron chi connectivity index (χ3n) is 6.23. The lowest BCUT2D eigenvalue weighted by Gasteiger charge is -2.21. The van der Waals surface area contributed by atoms with E-state index in [1.807, 2.05) is 42.6 Å². The van der Waals surface area contributed by atoms with Gasteiger partial charge in [0, 0.05) is 59.4 Å². The van der Waals surface area contributed by atoms with Crippen molar-refractivity contribution in [3.8, 4) is 11.3 Å². The minimum Gasteiger partial charge on any atom is -0.350 e. The summed E-state index contributed by atoms with van der Waals surface area (Å²) in [4.78, 5) is 39.0. The number of rotatable bonds is 9. The van der Waals surface area contributed by atoms with E-state index in [1.165, 1.54) is 17.4 Å². The molecule has 0 spiro atoms. The Morgan fingerprint density at radius 3 is 2.77 bits per heavy atom. The van der Waals surface area contributed by atoms with E-state index in [2.05, 4.69) is 26.1 Å². The smallest absolute Gasteiger partial charge is 0.267 e. The van der Waals surface area contributed by atoms with Crippen LogP contribution >= 0.6 is 11.3 Å². The van der Waals surface area contributed by atoms with Crippen LogP contribution in [-0.4, -0.2) is 34.7 Å². The molecule has 1 fully saturated rings. The Hall–Kier alpha value is -4.38. The Morgan fingerprint density at radius 1 is 1.12 bits per heavy atom. The fraction of sp³-hybridized carbons (Fsp3) is 0.200. The molecule has 204 valence electrons. The molecule has 2 aromatic carbocycles. The van der Waals surface area contributed by atoms with Crippen LogP contribution in [0, 0.1) is 6.92 Å². The van der Waals surface area contributed by atoms with Crippen LogP contribution in [0.25, 0.3) is 17.3 Å². The topological polar surface area (TPSA) is 114 Å². The standard InChI is InChI=1S/C30H29N5O4S/c1-20-7-13-24(17-25(20)33-30-34-26(19-40-30)23-5-4-15-31-18-23)32-29(37)22-11-8-21(9-12-22)10-14-27(36)35-39-28-6-2-3-16-38-28/h4-5,7-15,17-19,28H,2-3,6,16H2,1H3,(H,32,37)(H,33,34)(H,35,36)/b14-10+. The summed E-state index contributed by atoms with van der Waals surface area (Å²) >= 11 is 1.50. The molecule has 1 aliphatic rings. The Balaban J connectivity index is 1.16. The van der Waals surface area contributed by atoms with Crippen LogP contribution in [0.1, 0.15) is 40.7 Å². The second kappa shape index (κ2) is 13.1. The minimum absolute atomic E-state index is 0.239. The lowest BCUT2D eigenvalue weighted by atomic mass is 10.1. The van der Waals surface area contributed by atoms with Crippen molar-refractivity contribution in [2.75, 3.05) is 17.2 Å². The number of nitrogens with zero attached hydrogens (tertiary/aromatic N) is 2. The van der Waals surface area contributed by atoms with E-state index in [1.54, 1.807) is 42.7 Å². The highest BCUT2D eigenvalue weighted by Crippen LogP contribution is 2.29. The fourth-order valence-electron chi connectivity index (χ4n) is 4.01. The number of ether oxygens (including phenoxy) is 1. The lowest BCUT2D eigenvalue weighted by molar-refractivity contribution is -0.198. The van der Waals surface area contributed by atoms with Gasteiger partial charge in [-0.1, -0.05) is 18.2 Å². The van der Waals surface area contributed by atoms with Crippen molar-refractivity contribution in [3.05, 3.63) is 95.1 Å². The van der Waals surface area contributed by atoms with Crippen LogP contribution in [-0.2, 0) is 14.4 Å². The molecule has 3 N–H and O–H groups in total. The molecule has 40 heavy (non-hydrogen) atoms. The first-order chi connectivity index (χ1) is 19.5. The summed E-state index contributed by atoms with van der Waals surface area (Å²) in [6, 6.07) is 16.5. The van der Waals surface area contributed by atoms with Crippen LogP contribution in [0.15, 0.2) is 78.4 Å². The number of thiazole rings is 1. The molecule has 2 aromatic heterocycles. The van der Waals surface area contributed by atoms with E-state index in [-0.39, 0.29) is 11.8 Å². The average molecular weight is 556 g/mol. The van der Waals surface area contributed by atoms with Gasteiger partial charge in [0.15, 0.2) is 11.4 Å². The number of hydroxylamine groups is 1. The number of hydrogen-bond acceptors (Lipinski definition) is 8. The molecule has 0 bridgehead atoms. The number of aryl methyl sites for hydroxylation is 1. The van der Waals surface area contributed by atoms with E-state index in [0.29, 0.717) is 17.9 Å². The zero-order valence-corrected chi connectivity index (χ0v) is 22.7.